The predicted molar refractivity (Wildman–Crippen MR) is 113 cm³/mol. The van der Waals surface area contributed by atoms with Crippen molar-refractivity contribution in [3.8, 4) is 0 Å². The van der Waals surface area contributed by atoms with Gasteiger partial charge in [-0.25, -0.2) is 4.39 Å². The Morgan fingerprint density at radius 3 is 2.25 bits per heavy atom. The number of hydrogen-bond donors (Lipinski definition) is 1. The number of piperazine rings is 1. The summed E-state index contributed by atoms with van der Waals surface area (Å²) in [6.45, 7) is 8.73. The first-order valence-electron chi connectivity index (χ1n) is 10.1. The highest BCUT2D eigenvalue weighted by molar-refractivity contribution is 5.90. The van der Waals surface area contributed by atoms with Crippen LogP contribution < -0.4 is 10.2 Å². The van der Waals surface area contributed by atoms with Crippen LogP contribution in [0, 0.1) is 5.82 Å². The Balaban J connectivity index is 1.42. The Bertz CT molecular complexity index is 750. The lowest BCUT2D eigenvalue weighted by atomic mass is 10.1. The van der Waals surface area contributed by atoms with Crippen molar-refractivity contribution in [3.05, 3.63) is 59.9 Å². The lowest BCUT2D eigenvalue weighted by Crippen LogP contribution is -2.48. The quantitative estimate of drug-likeness (QED) is 0.774. The van der Waals surface area contributed by atoms with E-state index in [0.29, 0.717) is 12.5 Å². The van der Waals surface area contributed by atoms with E-state index in [0.717, 1.165) is 50.3 Å². The second-order valence-corrected chi connectivity index (χ2v) is 7.69. The molecule has 1 heterocycles. The number of nitrogens with zero attached hydrogens (tertiary/aromatic N) is 2. The minimum absolute atomic E-state index is 0.0143. The minimum atomic E-state index is -0.230. The van der Waals surface area contributed by atoms with Crippen LogP contribution in [0.1, 0.15) is 32.3 Å². The minimum Gasteiger partial charge on any atom is -0.369 e. The number of rotatable bonds is 7. The number of carbonyl (C=O) groups excluding carboxylic acids is 1. The summed E-state index contributed by atoms with van der Waals surface area (Å²) >= 11 is 0. The van der Waals surface area contributed by atoms with Gasteiger partial charge in [0, 0.05) is 50.0 Å². The second kappa shape index (κ2) is 9.69. The summed E-state index contributed by atoms with van der Waals surface area (Å²) in [5, 5.41) is 2.96. The maximum Gasteiger partial charge on any atom is 0.224 e. The van der Waals surface area contributed by atoms with Gasteiger partial charge in [-0.2, -0.15) is 0 Å². The van der Waals surface area contributed by atoms with Crippen LogP contribution in [0.2, 0.25) is 0 Å². The Morgan fingerprint density at radius 2 is 1.64 bits per heavy atom. The van der Waals surface area contributed by atoms with Crippen LogP contribution in [0.15, 0.2) is 48.5 Å². The predicted octanol–water partition coefficient (Wildman–Crippen LogP) is 4.32. The van der Waals surface area contributed by atoms with Crippen molar-refractivity contribution >= 4 is 17.3 Å². The molecule has 2 aromatic rings. The number of benzene rings is 2. The van der Waals surface area contributed by atoms with Gasteiger partial charge in [-0.1, -0.05) is 12.1 Å². The van der Waals surface area contributed by atoms with Crippen LogP contribution in [0.3, 0.4) is 0 Å². The number of hydrogen-bond acceptors (Lipinski definition) is 3. The standard InChI is InChI=1S/C23H30FN3O/c1-18(2)26-14-16-27(17-15-26)22-12-10-21(11-13-22)25-23(28)5-3-4-19-6-8-20(24)9-7-19/h6-13,18H,3-5,14-17H2,1-2H3,(H,25,28). The van der Waals surface area contributed by atoms with Gasteiger partial charge in [-0.05, 0) is 68.7 Å². The van der Waals surface area contributed by atoms with Crippen LogP contribution >= 0.6 is 0 Å². The van der Waals surface area contributed by atoms with Gasteiger partial charge in [-0.3, -0.25) is 9.69 Å². The molecule has 0 aromatic heterocycles. The molecule has 1 N–H and O–H groups in total. The SMILES string of the molecule is CC(C)N1CCN(c2ccc(NC(=O)CCCc3ccc(F)cc3)cc2)CC1. The van der Waals surface area contributed by atoms with Crippen molar-refractivity contribution in [2.24, 2.45) is 0 Å². The van der Waals surface area contributed by atoms with E-state index in [9.17, 15) is 9.18 Å². The van der Waals surface area contributed by atoms with Gasteiger partial charge in [0.25, 0.3) is 0 Å². The third-order valence-electron chi connectivity index (χ3n) is 5.34. The van der Waals surface area contributed by atoms with Crippen LogP contribution in [0.4, 0.5) is 15.8 Å². The molecule has 1 aliphatic heterocycles. The molecule has 1 aliphatic rings. The van der Waals surface area contributed by atoms with E-state index in [1.54, 1.807) is 12.1 Å². The molecule has 1 saturated heterocycles. The zero-order chi connectivity index (χ0) is 19.9. The third kappa shape index (κ3) is 5.80. The van der Waals surface area contributed by atoms with E-state index < -0.39 is 0 Å². The largest absolute Gasteiger partial charge is 0.369 e. The molecule has 0 bridgehead atoms. The number of aryl methyl sites for hydroxylation is 1. The second-order valence-electron chi connectivity index (χ2n) is 7.69. The first kappa shape index (κ1) is 20.3. The van der Waals surface area contributed by atoms with Crippen molar-refractivity contribution < 1.29 is 9.18 Å². The maximum absolute atomic E-state index is 12.9. The monoisotopic (exact) mass is 383 g/mol. The van der Waals surface area contributed by atoms with E-state index in [4.69, 9.17) is 0 Å². The number of halogens is 1. The van der Waals surface area contributed by atoms with E-state index in [1.807, 2.05) is 12.1 Å². The van der Waals surface area contributed by atoms with Crippen molar-refractivity contribution in [1.29, 1.82) is 0 Å². The van der Waals surface area contributed by atoms with Gasteiger partial charge in [0.15, 0.2) is 0 Å². The maximum atomic E-state index is 12.9. The first-order chi connectivity index (χ1) is 13.5. The average Bonchev–Trinajstić information content (AvgIpc) is 2.70. The van der Waals surface area contributed by atoms with Crippen molar-refractivity contribution in [2.45, 2.75) is 39.2 Å². The number of nitrogens with one attached hydrogen (secondary N) is 1. The highest BCUT2D eigenvalue weighted by Gasteiger charge is 2.18. The summed E-state index contributed by atoms with van der Waals surface area (Å²) < 4.78 is 12.9. The molecular weight excluding hydrogens is 353 g/mol. The number of carbonyl (C=O) groups is 1. The molecular formula is C23H30FN3O. The molecule has 28 heavy (non-hydrogen) atoms. The smallest absolute Gasteiger partial charge is 0.224 e. The molecule has 1 amide bonds. The Hall–Kier alpha value is -2.40. The number of amides is 1. The van der Waals surface area contributed by atoms with Crippen LogP contribution in [0.5, 0.6) is 0 Å². The molecule has 0 saturated carbocycles. The molecule has 2 aromatic carbocycles. The molecule has 150 valence electrons. The Morgan fingerprint density at radius 1 is 1.00 bits per heavy atom. The molecule has 1 fully saturated rings. The van der Waals surface area contributed by atoms with Crippen LogP contribution in [0.25, 0.3) is 0 Å². The average molecular weight is 384 g/mol. The van der Waals surface area contributed by atoms with Gasteiger partial charge in [0.05, 0.1) is 0 Å². The Kier molecular flexibility index (Phi) is 7.04. The fourth-order valence-electron chi connectivity index (χ4n) is 3.58. The summed E-state index contributed by atoms with van der Waals surface area (Å²) in [5.74, 6) is -0.216. The van der Waals surface area contributed by atoms with Crippen LogP contribution in [-0.4, -0.2) is 43.0 Å². The van der Waals surface area contributed by atoms with E-state index >= 15 is 0 Å². The van der Waals surface area contributed by atoms with Gasteiger partial charge < -0.3 is 10.2 Å². The zero-order valence-corrected chi connectivity index (χ0v) is 16.8. The van der Waals surface area contributed by atoms with E-state index in [-0.39, 0.29) is 11.7 Å². The summed E-state index contributed by atoms with van der Waals surface area (Å²) in [6.07, 6.45) is 1.97. The summed E-state index contributed by atoms with van der Waals surface area (Å²) in [5.41, 5.74) is 3.09. The van der Waals surface area contributed by atoms with E-state index in [2.05, 4.69) is 41.1 Å². The number of anilines is 2. The first-order valence-corrected chi connectivity index (χ1v) is 10.1. The summed E-state index contributed by atoms with van der Waals surface area (Å²) in [6, 6.07) is 15.2. The topological polar surface area (TPSA) is 35.6 Å². The highest BCUT2D eigenvalue weighted by Crippen LogP contribution is 2.20. The molecule has 0 atom stereocenters. The lowest BCUT2D eigenvalue weighted by Gasteiger charge is -2.38. The normalized spacial score (nSPS) is 15.1. The Labute approximate surface area is 167 Å². The van der Waals surface area contributed by atoms with Gasteiger partial charge in [0.1, 0.15) is 5.82 Å². The van der Waals surface area contributed by atoms with Gasteiger partial charge in [0.2, 0.25) is 5.91 Å². The zero-order valence-electron chi connectivity index (χ0n) is 16.8. The third-order valence-corrected chi connectivity index (χ3v) is 5.34. The molecule has 0 aliphatic carbocycles. The molecule has 4 nitrogen and oxygen atoms in total. The fraction of sp³-hybridized carbons (Fsp3) is 0.435. The van der Waals surface area contributed by atoms with Crippen LogP contribution in [-0.2, 0) is 11.2 Å². The van der Waals surface area contributed by atoms with Gasteiger partial charge in [-0.15, -0.1) is 0 Å². The van der Waals surface area contributed by atoms with E-state index in [1.165, 1.54) is 17.8 Å². The van der Waals surface area contributed by atoms with Gasteiger partial charge >= 0.3 is 0 Å². The lowest BCUT2D eigenvalue weighted by molar-refractivity contribution is -0.116. The molecule has 3 rings (SSSR count). The van der Waals surface area contributed by atoms with Crippen molar-refractivity contribution in [1.82, 2.24) is 4.90 Å². The highest BCUT2D eigenvalue weighted by atomic mass is 19.1. The molecule has 0 radical (unpaired) electrons. The van der Waals surface area contributed by atoms with Crippen molar-refractivity contribution in [2.75, 3.05) is 36.4 Å². The molecule has 0 unspecified atom stereocenters. The molecule has 0 spiro atoms. The fourth-order valence-corrected chi connectivity index (χ4v) is 3.58. The summed E-state index contributed by atoms with van der Waals surface area (Å²) in [4.78, 5) is 17.0. The van der Waals surface area contributed by atoms with Crippen molar-refractivity contribution in [3.63, 3.8) is 0 Å². The molecule has 5 heteroatoms. The summed E-state index contributed by atoms with van der Waals surface area (Å²) in [7, 11) is 0.